The maximum absolute atomic E-state index is 13.1. The van der Waals surface area contributed by atoms with Gasteiger partial charge in [0.2, 0.25) is 0 Å². The number of aryl methyl sites for hydroxylation is 1. The van der Waals surface area contributed by atoms with Crippen molar-refractivity contribution >= 4 is 0 Å². The van der Waals surface area contributed by atoms with Gasteiger partial charge in [0, 0.05) is 31.3 Å². The summed E-state index contributed by atoms with van der Waals surface area (Å²) in [7, 11) is 1.58. The highest BCUT2D eigenvalue weighted by atomic mass is 19.1. The Morgan fingerprint density at radius 1 is 1.35 bits per heavy atom. The highest BCUT2D eigenvalue weighted by Crippen LogP contribution is 2.29. The predicted octanol–water partition coefficient (Wildman–Crippen LogP) is 0.690. The van der Waals surface area contributed by atoms with E-state index in [2.05, 4.69) is 0 Å². The van der Waals surface area contributed by atoms with Crippen LogP contribution in [0.4, 0.5) is 4.39 Å². The van der Waals surface area contributed by atoms with Crippen molar-refractivity contribution in [2.45, 2.75) is 19.1 Å². The SMILES string of the molecule is Cn1ccc(=O)n(CC2Cc3cc(F)ccc3O2)c1=O. The van der Waals surface area contributed by atoms with E-state index < -0.39 is 0 Å². The Morgan fingerprint density at radius 2 is 2.15 bits per heavy atom. The van der Waals surface area contributed by atoms with Crippen LogP contribution in [0, 0.1) is 5.82 Å². The molecule has 1 unspecified atom stereocenters. The molecule has 1 aliphatic rings. The van der Waals surface area contributed by atoms with Crippen molar-refractivity contribution in [3.05, 3.63) is 62.7 Å². The van der Waals surface area contributed by atoms with Gasteiger partial charge in [0.25, 0.3) is 5.56 Å². The van der Waals surface area contributed by atoms with Crippen LogP contribution in [0.15, 0.2) is 40.1 Å². The van der Waals surface area contributed by atoms with Gasteiger partial charge in [0.15, 0.2) is 0 Å². The molecule has 1 atom stereocenters. The van der Waals surface area contributed by atoms with E-state index in [1.54, 1.807) is 13.1 Å². The lowest BCUT2D eigenvalue weighted by Gasteiger charge is -2.12. The normalized spacial score (nSPS) is 16.8. The van der Waals surface area contributed by atoms with Crippen LogP contribution < -0.4 is 16.0 Å². The number of rotatable bonds is 2. The molecule has 20 heavy (non-hydrogen) atoms. The van der Waals surface area contributed by atoms with Gasteiger partial charge in [0.1, 0.15) is 17.7 Å². The van der Waals surface area contributed by atoms with Crippen LogP contribution in [-0.4, -0.2) is 15.2 Å². The second-order valence-electron chi connectivity index (χ2n) is 4.85. The predicted molar refractivity (Wildman–Crippen MR) is 70.5 cm³/mol. The van der Waals surface area contributed by atoms with E-state index >= 15 is 0 Å². The van der Waals surface area contributed by atoms with Gasteiger partial charge in [-0.25, -0.2) is 9.18 Å². The Morgan fingerprint density at radius 3 is 2.95 bits per heavy atom. The summed E-state index contributed by atoms with van der Waals surface area (Å²) >= 11 is 0. The molecular weight excluding hydrogens is 263 g/mol. The maximum Gasteiger partial charge on any atom is 0.330 e. The number of benzene rings is 1. The molecule has 0 aliphatic carbocycles. The number of hydrogen-bond donors (Lipinski definition) is 0. The fourth-order valence-corrected chi connectivity index (χ4v) is 2.38. The van der Waals surface area contributed by atoms with Crippen molar-refractivity contribution in [3.63, 3.8) is 0 Å². The quantitative estimate of drug-likeness (QED) is 0.811. The molecule has 0 saturated carbocycles. The van der Waals surface area contributed by atoms with E-state index in [4.69, 9.17) is 4.74 Å². The van der Waals surface area contributed by atoms with E-state index in [-0.39, 0.29) is 29.7 Å². The number of aromatic nitrogens is 2. The van der Waals surface area contributed by atoms with E-state index in [1.165, 1.54) is 29.0 Å². The lowest BCUT2D eigenvalue weighted by atomic mass is 10.1. The Hall–Kier alpha value is -2.37. The molecule has 0 bridgehead atoms. The fourth-order valence-electron chi connectivity index (χ4n) is 2.38. The lowest BCUT2D eigenvalue weighted by Crippen LogP contribution is -2.41. The first-order valence-corrected chi connectivity index (χ1v) is 6.26. The first-order valence-electron chi connectivity index (χ1n) is 6.26. The minimum Gasteiger partial charge on any atom is -0.488 e. The van der Waals surface area contributed by atoms with E-state index in [0.717, 1.165) is 10.1 Å². The van der Waals surface area contributed by atoms with Crippen LogP contribution in [0.2, 0.25) is 0 Å². The molecule has 0 N–H and O–H groups in total. The lowest BCUT2D eigenvalue weighted by molar-refractivity contribution is 0.204. The van der Waals surface area contributed by atoms with Crippen LogP contribution in [0.25, 0.3) is 0 Å². The molecule has 5 nitrogen and oxygen atoms in total. The molecule has 2 aromatic rings. The molecule has 1 aromatic carbocycles. The maximum atomic E-state index is 13.1. The largest absolute Gasteiger partial charge is 0.488 e. The molecule has 1 aromatic heterocycles. The monoisotopic (exact) mass is 276 g/mol. The van der Waals surface area contributed by atoms with Gasteiger partial charge in [-0.2, -0.15) is 0 Å². The fraction of sp³-hybridized carbons (Fsp3) is 0.286. The van der Waals surface area contributed by atoms with E-state index in [1.807, 2.05) is 0 Å². The number of hydrogen-bond acceptors (Lipinski definition) is 3. The average molecular weight is 276 g/mol. The summed E-state index contributed by atoms with van der Waals surface area (Å²) in [4.78, 5) is 23.7. The Labute approximate surface area is 113 Å². The van der Waals surface area contributed by atoms with Crippen molar-refractivity contribution < 1.29 is 9.13 Å². The molecule has 0 radical (unpaired) electrons. The molecular formula is C14H13FN2O3. The van der Waals surface area contributed by atoms with E-state index in [0.29, 0.717) is 12.2 Å². The summed E-state index contributed by atoms with van der Waals surface area (Å²) in [5.74, 6) is 0.290. The van der Waals surface area contributed by atoms with Crippen molar-refractivity contribution in [2.75, 3.05) is 0 Å². The minimum atomic E-state index is -0.386. The Bertz CT molecular complexity index is 779. The second-order valence-corrected chi connectivity index (χ2v) is 4.85. The third-order valence-electron chi connectivity index (χ3n) is 3.39. The van der Waals surface area contributed by atoms with Crippen LogP contribution in [-0.2, 0) is 20.0 Å². The molecule has 6 heteroatoms. The number of ether oxygens (including phenoxy) is 1. The zero-order valence-electron chi connectivity index (χ0n) is 10.9. The third-order valence-corrected chi connectivity index (χ3v) is 3.39. The smallest absolute Gasteiger partial charge is 0.330 e. The van der Waals surface area contributed by atoms with Gasteiger partial charge in [-0.1, -0.05) is 0 Å². The number of nitrogens with zero attached hydrogens (tertiary/aromatic N) is 2. The zero-order chi connectivity index (χ0) is 14.3. The van der Waals surface area contributed by atoms with E-state index in [9.17, 15) is 14.0 Å². The number of halogens is 1. The minimum absolute atomic E-state index is 0.155. The van der Waals surface area contributed by atoms with Gasteiger partial charge in [-0.3, -0.25) is 9.36 Å². The standard InChI is InChI=1S/C14H13FN2O3/c1-16-5-4-13(18)17(14(16)19)8-11-7-9-6-10(15)2-3-12(9)20-11/h2-6,11H,7-8H2,1H3. The Kier molecular flexibility index (Phi) is 2.93. The zero-order valence-corrected chi connectivity index (χ0v) is 10.9. The van der Waals surface area contributed by atoms with Crippen LogP contribution in [0.5, 0.6) is 5.75 Å². The summed E-state index contributed by atoms with van der Waals surface area (Å²) in [6.45, 7) is 0.155. The van der Waals surface area contributed by atoms with Crippen molar-refractivity contribution in [2.24, 2.45) is 7.05 Å². The van der Waals surface area contributed by atoms with Crippen molar-refractivity contribution in [1.29, 1.82) is 0 Å². The molecule has 0 spiro atoms. The molecule has 1 aliphatic heterocycles. The summed E-state index contributed by atoms with van der Waals surface area (Å²) in [6, 6.07) is 5.65. The highest BCUT2D eigenvalue weighted by Gasteiger charge is 2.24. The Balaban J connectivity index is 1.87. The topological polar surface area (TPSA) is 53.2 Å². The third kappa shape index (κ3) is 2.13. The molecule has 0 fully saturated rings. The molecule has 104 valence electrons. The van der Waals surface area contributed by atoms with Crippen molar-refractivity contribution in [1.82, 2.24) is 9.13 Å². The van der Waals surface area contributed by atoms with Gasteiger partial charge in [-0.15, -0.1) is 0 Å². The summed E-state index contributed by atoms with van der Waals surface area (Å²) in [6.07, 6.45) is 1.58. The molecule has 0 amide bonds. The second kappa shape index (κ2) is 4.63. The van der Waals surface area contributed by atoms with Crippen LogP contribution in [0.1, 0.15) is 5.56 Å². The van der Waals surface area contributed by atoms with Gasteiger partial charge < -0.3 is 9.30 Å². The first-order chi connectivity index (χ1) is 9.54. The summed E-state index contributed by atoms with van der Waals surface area (Å²) in [5, 5.41) is 0. The summed E-state index contributed by atoms with van der Waals surface area (Å²) < 4.78 is 21.2. The first kappa shape index (κ1) is 12.7. The molecule has 3 rings (SSSR count). The average Bonchev–Trinajstić information content (AvgIpc) is 2.81. The molecule has 2 heterocycles. The highest BCUT2D eigenvalue weighted by molar-refractivity contribution is 5.37. The van der Waals surface area contributed by atoms with Gasteiger partial charge >= 0.3 is 5.69 Å². The number of fused-ring (bicyclic) bond motifs is 1. The van der Waals surface area contributed by atoms with Crippen LogP contribution in [0.3, 0.4) is 0 Å². The van der Waals surface area contributed by atoms with Gasteiger partial charge in [-0.05, 0) is 18.2 Å². The molecule has 0 saturated heterocycles. The van der Waals surface area contributed by atoms with Crippen molar-refractivity contribution in [3.8, 4) is 5.75 Å². The summed E-state index contributed by atoms with van der Waals surface area (Å²) in [5.41, 5.74) is 0.0119. The van der Waals surface area contributed by atoms with Crippen LogP contribution >= 0.6 is 0 Å². The van der Waals surface area contributed by atoms with Gasteiger partial charge in [0.05, 0.1) is 6.54 Å².